The fraction of sp³-hybridized carbons (Fsp3) is 0.200. The smallest absolute Gasteiger partial charge is 0.236 e. The summed E-state index contributed by atoms with van der Waals surface area (Å²) < 4.78 is 5.16. The van der Waals surface area contributed by atoms with Gasteiger partial charge in [-0.15, -0.1) is 23.1 Å². The number of hydrogen-bond acceptors (Lipinski definition) is 5. The van der Waals surface area contributed by atoms with Crippen molar-refractivity contribution in [2.24, 2.45) is 0 Å². The van der Waals surface area contributed by atoms with Gasteiger partial charge in [-0.1, -0.05) is 24.3 Å². The van der Waals surface area contributed by atoms with Crippen LogP contribution in [0.3, 0.4) is 0 Å². The summed E-state index contributed by atoms with van der Waals surface area (Å²) in [6.07, 6.45) is 0. The van der Waals surface area contributed by atoms with E-state index in [-0.39, 0.29) is 5.91 Å². The van der Waals surface area contributed by atoms with Crippen molar-refractivity contribution in [2.45, 2.75) is 12.7 Å². The highest BCUT2D eigenvalue weighted by Gasteiger charge is 2.09. The van der Waals surface area contributed by atoms with Crippen molar-refractivity contribution in [2.75, 3.05) is 18.2 Å². The van der Waals surface area contributed by atoms with Crippen LogP contribution in [0.25, 0.3) is 11.3 Å². The predicted molar refractivity (Wildman–Crippen MR) is 110 cm³/mol. The summed E-state index contributed by atoms with van der Waals surface area (Å²) in [5.41, 5.74) is 4.36. The van der Waals surface area contributed by atoms with Gasteiger partial charge in [-0.3, -0.25) is 4.79 Å². The molecule has 3 rings (SSSR count). The van der Waals surface area contributed by atoms with Crippen LogP contribution in [0.1, 0.15) is 11.1 Å². The van der Waals surface area contributed by atoms with E-state index in [0.29, 0.717) is 10.9 Å². The SMILES string of the molecule is COc1ccc(-c2csc(NC(=O)CSCc3ccccc3C)n2)cc1. The molecule has 1 amide bonds. The number of carbonyl (C=O) groups is 1. The van der Waals surface area contributed by atoms with E-state index in [1.54, 1.807) is 18.9 Å². The van der Waals surface area contributed by atoms with Crippen molar-refractivity contribution in [3.63, 3.8) is 0 Å². The lowest BCUT2D eigenvalue weighted by atomic mass is 10.1. The fourth-order valence-electron chi connectivity index (χ4n) is 2.41. The van der Waals surface area contributed by atoms with Crippen molar-refractivity contribution in [1.29, 1.82) is 0 Å². The summed E-state index contributed by atoms with van der Waals surface area (Å²) in [7, 11) is 1.64. The molecule has 0 fully saturated rings. The number of nitrogens with one attached hydrogen (secondary N) is 1. The molecule has 0 spiro atoms. The van der Waals surface area contributed by atoms with Gasteiger partial charge in [-0.05, 0) is 42.3 Å². The summed E-state index contributed by atoms with van der Waals surface area (Å²) in [5, 5.41) is 5.44. The lowest BCUT2D eigenvalue weighted by Crippen LogP contribution is -2.14. The fourth-order valence-corrected chi connectivity index (χ4v) is 4.05. The zero-order chi connectivity index (χ0) is 18.4. The molecule has 0 aliphatic rings. The Kier molecular flexibility index (Phi) is 6.30. The highest BCUT2D eigenvalue weighted by molar-refractivity contribution is 7.99. The second kappa shape index (κ2) is 8.87. The number of carbonyl (C=O) groups excluding carboxylic acids is 1. The molecule has 0 radical (unpaired) electrons. The van der Waals surface area contributed by atoms with Gasteiger partial charge in [0.1, 0.15) is 5.75 Å². The van der Waals surface area contributed by atoms with Gasteiger partial charge in [0, 0.05) is 16.7 Å². The third-order valence-corrected chi connectivity index (χ3v) is 5.63. The third kappa shape index (κ3) is 4.86. The van der Waals surface area contributed by atoms with Crippen molar-refractivity contribution in [3.05, 3.63) is 65.0 Å². The van der Waals surface area contributed by atoms with Crippen LogP contribution in [0.15, 0.2) is 53.9 Å². The quantitative estimate of drug-likeness (QED) is 0.623. The molecule has 0 aliphatic heterocycles. The minimum absolute atomic E-state index is 0.0285. The Morgan fingerprint density at radius 3 is 2.69 bits per heavy atom. The molecular formula is C20H20N2O2S2. The van der Waals surface area contributed by atoms with E-state index < -0.39 is 0 Å². The number of anilines is 1. The molecule has 0 saturated heterocycles. The number of rotatable bonds is 7. The third-order valence-electron chi connectivity index (χ3n) is 3.89. The first kappa shape index (κ1) is 18.5. The molecule has 6 heteroatoms. The van der Waals surface area contributed by atoms with Crippen molar-refractivity contribution >= 4 is 34.1 Å². The van der Waals surface area contributed by atoms with E-state index in [2.05, 4.69) is 29.4 Å². The first-order chi connectivity index (χ1) is 12.7. The van der Waals surface area contributed by atoms with Crippen LogP contribution < -0.4 is 10.1 Å². The number of thiazole rings is 1. The molecule has 4 nitrogen and oxygen atoms in total. The van der Waals surface area contributed by atoms with E-state index in [0.717, 1.165) is 22.8 Å². The van der Waals surface area contributed by atoms with Crippen LogP contribution in [0, 0.1) is 6.92 Å². The lowest BCUT2D eigenvalue weighted by molar-refractivity contribution is -0.113. The molecule has 0 aliphatic carbocycles. The van der Waals surface area contributed by atoms with Gasteiger partial charge in [0.2, 0.25) is 5.91 Å². The van der Waals surface area contributed by atoms with Gasteiger partial charge in [0.15, 0.2) is 5.13 Å². The Morgan fingerprint density at radius 2 is 1.96 bits per heavy atom. The molecule has 2 aromatic carbocycles. The van der Waals surface area contributed by atoms with Crippen LogP contribution in [0.5, 0.6) is 5.75 Å². The van der Waals surface area contributed by atoms with E-state index in [9.17, 15) is 4.79 Å². The number of hydrogen-bond donors (Lipinski definition) is 1. The molecule has 134 valence electrons. The van der Waals surface area contributed by atoms with E-state index in [1.807, 2.05) is 41.8 Å². The Balaban J connectivity index is 1.51. The van der Waals surface area contributed by atoms with Gasteiger partial charge < -0.3 is 10.1 Å². The maximum Gasteiger partial charge on any atom is 0.236 e. The number of thioether (sulfide) groups is 1. The van der Waals surface area contributed by atoms with Gasteiger partial charge in [0.05, 0.1) is 18.6 Å². The normalized spacial score (nSPS) is 10.5. The van der Waals surface area contributed by atoms with Crippen LogP contribution >= 0.6 is 23.1 Å². The molecular weight excluding hydrogens is 364 g/mol. The largest absolute Gasteiger partial charge is 0.497 e. The molecule has 26 heavy (non-hydrogen) atoms. The highest BCUT2D eigenvalue weighted by atomic mass is 32.2. The molecule has 1 N–H and O–H groups in total. The van der Waals surface area contributed by atoms with Gasteiger partial charge in [-0.2, -0.15) is 0 Å². The lowest BCUT2D eigenvalue weighted by Gasteiger charge is -2.05. The van der Waals surface area contributed by atoms with Gasteiger partial charge >= 0.3 is 0 Å². The van der Waals surface area contributed by atoms with Crippen LogP contribution in [0.4, 0.5) is 5.13 Å². The van der Waals surface area contributed by atoms with Gasteiger partial charge in [-0.25, -0.2) is 4.98 Å². The molecule has 0 atom stereocenters. The minimum Gasteiger partial charge on any atom is -0.497 e. The number of ether oxygens (including phenoxy) is 1. The van der Waals surface area contributed by atoms with Crippen molar-refractivity contribution < 1.29 is 9.53 Å². The number of aryl methyl sites for hydroxylation is 1. The zero-order valence-corrected chi connectivity index (χ0v) is 16.3. The van der Waals surface area contributed by atoms with Crippen LogP contribution in [0.2, 0.25) is 0 Å². The summed E-state index contributed by atoms with van der Waals surface area (Å²) in [6.45, 7) is 2.09. The van der Waals surface area contributed by atoms with Crippen LogP contribution in [-0.2, 0) is 10.5 Å². The Labute approximate surface area is 161 Å². The maximum atomic E-state index is 12.1. The highest BCUT2D eigenvalue weighted by Crippen LogP contribution is 2.26. The van der Waals surface area contributed by atoms with Crippen molar-refractivity contribution in [3.8, 4) is 17.0 Å². The summed E-state index contributed by atoms with van der Waals surface area (Å²) in [6, 6.07) is 16.0. The van der Waals surface area contributed by atoms with E-state index >= 15 is 0 Å². The number of methoxy groups -OCH3 is 1. The summed E-state index contributed by atoms with van der Waals surface area (Å²) in [5.74, 6) is 2.02. The topological polar surface area (TPSA) is 51.2 Å². The predicted octanol–water partition coefficient (Wildman–Crippen LogP) is 5.00. The molecule has 0 bridgehead atoms. The molecule has 0 saturated carbocycles. The number of amides is 1. The molecule has 1 heterocycles. The second-order valence-electron chi connectivity index (χ2n) is 5.73. The molecule has 3 aromatic rings. The van der Waals surface area contributed by atoms with Crippen LogP contribution in [-0.4, -0.2) is 23.8 Å². The van der Waals surface area contributed by atoms with Crippen molar-refractivity contribution in [1.82, 2.24) is 4.98 Å². The summed E-state index contributed by atoms with van der Waals surface area (Å²) in [4.78, 5) is 16.6. The Bertz CT molecular complexity index is 876. The summed E-state index contributed by atoms with van der Waals surface area (Å²) >= 11 is 3.04. The Morgan fingerprint density at radius 1 is 1.19 bits per heavy atom. The average Bonchev–Trinajstić information content (AvgIpc) is 3.12. The number of aromatic nitrogens is 1. The second-order valence-corrected chi connectivity index (χ2v) is 7.58. The molecule has 1 aromatic heterocycles. The van der Waals surface area contributed by atoms with Gasteiger partial charge in [0.25, 0.3) is 0 Å². The minimum atomic E-state index is -0.0285. The molecule has 0 unspecified atom stereocenters. The maximum absolute atomic E-state index is 12.1. The van der Waals surface area contributed by atoms with E-state index in [4.69, 9.17) is 4.74 Å². The number of nitrogens with zero attached hydrogens (tertiary/aromatic N) is 1. The average molecular weight is 385 g/mol. The monoisotopic (exact) mass is 384 g/mol. The Hall–Kier alpha value is -2.31. The number of benzene rings is 2. The standard InChI is InChI=1S/C20H20N2O2S2/c1-14-5-3-4-6-16(14)11-25-13-19(23)22-20-21-18(12-26-20)15-7-9-17(24-2)10-8-15/h3-10,12H,11,13H2,1-2H3,(H,21,22,23). The zero-order valence-electron chi connectivity index (χ0n) is 14.7. The van der Waals surface area contributed by atoms with E-state index in [1.165, 1.54) is 22.5 Å². The first-order valence-corrected chi connectivity index (χ1v) is 10.2. The first-order valence-electron chi connectivity index (χ1n) is 8.18.